The standard InChI is InChI=1S/C29H30ClN3O4/c1-2-25(34)28-27(21-8-4-3-5-9-21)24-16-22(30)11-12-23(24)29(35)33(28)19-20-17-31-32(18-20)13-15-37-26-10-6-7-14-36-26/h3-5,8-9,11-12,16-18,26H,2,6-7,10,13-15,19H2,1H3. The Morgan fingerprint density at radius 1 is 1.16 bits per heavy atom. The van der Waals surface area contributed by atoms with E-state index in [1.165, 1.54) is 0 Å². The van der Waals surface area contributed by atoms with E-state index in [1.807, 2.05) is 43.5 Å². The van der Waals surface area contributed by atoms with Crippen molar-refractivity contribution in [3.05, 3.63) is 87.6 Å². The van der Waals surface area contributed by atoms with E-state index in [0.29, 0.717) is 34.6 Å². The molecule has 8 heteroatoms. The molecule has 2 aromatic carbocycles. The third-order valence-corrected chi connectivity index (χ3v) is 6.91. The van der Waals surface area contributed by atoms with Gasteiger partial charge < -0.3 is 9.47 Å². The van der Waals surface area contributed by atoms with E-state index in [-0.39, 0.29) is 30.6 Å². The highest BCUT2D eigenvalue weighted by molar-refractivity contribution is 6.31. The number of pyridine rings is 1. The highest BCUT2D eigenvalue weighted by Crippen LogP contribution is 2.33. The van der Waals surface area contributed by atoms with Crippen molar-refractivity contribution in [1.82, 2.24) is 14.3 Å². The summed E-state index contributed by atoms with van der Waals surface area (Å²) in [5, 5.41) is 6.16. The summed E-state index contributed by atoms with van der Waals surface area (Å²) < 4.78 is 14.8. The number of benzene rings is 2. The van der Waals surface area contributed by atoms with Crippen molar-refractivity contribution in [2.45, 2.75) is 52.0 Å². The summed E-state index contributed by atoms with van der Waals surface area (Å²) in [6.45, 7) is 3.83. The first-order chi connectivity index (χ1) is 18.0. The molecule has 4 aromatic rings. The van der Waals surface area contributed by atoms with Gasteiger partial charge >= 0.3 is 0 Å². The summed E-state index contributed by atoms with van der Waals surface area (Å²) in [5.74, 6) is -0.105. The average Bonchev–Trinajstić information content (AvgIpc) is 3.37. The fourth-order valence-corrected chi connectivity index (χ4v) is 5.01. The lowest BCUT2D eigenvalue weighted by atomic mass is 9.94. The number of aromatic nitrogens is 3. The number of carbonyl (C=O) groups excluding carboxylic acids is 1. The van der Waals surface area contributed by atoms with Gasteiger partial charge in [0, 0.05) is 40.8 Å². The number of carbonyl (C=O) groups is 1. The Balaban J connectivity index is 1.51. The van der Waals surface area contributed by atoms with Gasteiger partial charge in [0.05, 0.1) is 31.6 Å². The topological polar surface area (TPSA) is 75.4 Å². The van der Waals surface area contributed by atoms with Crippen LogP contribution in [0.1, 0.15) is 48.7 Å². The Morgan fingerprint density at radius 3 is 2.76 bits per heavy atom. The van der Waals surface area contributed by atoms with Crippen LogP contribution in [0.15, 0.2) is 65.7 Å². The smallest absolute Gasteiger partial charge is 0.259 e. The lowest BCUT2D eigenvalue weighted by Gasteiger charge is -2.22. The first kappa shape index (κ1) is 25.4. The minimum Gasteiger partial charge on any atom is -0.353 e. The SMILES string of the molecule is CCC(=O)c1c(-c2ccccc2)c2cc(Cl)ccc2c(=O)n1Cc1cnn(CCOC2CCCCO2)c1. The molecular weight excluding hydrogens is 490 g/mol. The summed E-state index contributed by atoms with van der Waals surface area (Å²) in [6.07, 6.45) is 6.87. The molecule has 7 nitrogen and oxygen atoms in total. The number of Topliss-reactive ketones (excluding diaryl/α,β-unsaturated/α-hetero) is 1. The highest BCUT2D eigenvalue weighted by atomic mass is 35.5. The molecule has 3 heterocycles. The van der Waals surface area contributed by atoms with Gasteiger partial charge in [0.1, 0.15) is 0 Å². The number of nitrogens with zero attached hydrogens (tertiary/aromatic N) is 3. The number of fused-ring (bicyclic) bond motifs is 1. The van der Waals surface area contributed by atoms with E-state index in [1.54, 1.807) is 33.6 Å². The number of rotatable bonds is 9. The second-order valence-electron chi connectivity index (χ2n) is 9.23. The number of hydrogen-bond acceptors (Lipinski definition) is 5. The van der Waals surface area contributed by atoms with E-state index >= 15 is 0 Å². The Kier molecular flexibility index (Phi) is 7.84. The fourth-order valence-electron chi connectivity index (χ4n) is 4.84. The van der Waals surface area contributed by atoms with Gasteiger partial charge in [-0.05, 0) is 48.4 Å². The van der Waals surface area contributed by atoms with Crippen LogP contribution in [0, 0.1) is 0 Å². The minimum absolute atomic E-state index is 0.105. The van der Waals surface area contributed by atoms with Crippen LogP contribution in [0.5, 0.6) is 0 Å². The van der Waals surface area contributed by atoms with E-state index in [9.17, 15) is 9.59 Å². The summed E-state index contributed by atoms with van der Waals surface area (Å²) >= 11 is 6.34. The van der Waals surface area contributed by atoms with Gasteiger partial charge in [-0.25, -0.2) is 0 Å². The molecule has 1 unspecified atom stereocenters. The van der Waals surface area contributed by atoms with Crippen LogP contribution < -0.4 is 5.56 Å². The minimum atomic E-state index is -0.228. The summed E-state index contributed by atoms with van der Waals surface area (Å²) in [5.41, 5.74) is 2.57. The predicted octanol–water partition coefficient (Wildman–Crippen LogP) is 5.70. The van der Waals surface area contributed by atoms with E-state index in [0.717, 1.165) is 42.6 Å². The third kappa shape index (κ3) is 5.54. The first-order valence-electron chi connectivity index (χ1n) is 12.7. The summed E-state index contributed by atoms with van der Waals surface area (Å²) in [7, 11) is 0. The van der Waals surface area contributed by atoms with Gasteiger partial charge in [-0.1, -0.05) is 48.9 Å². The van der Waals surface area contributed by atoms with Crippen molar-refractivity contribution in [1.29, 1.82) is 0 Å². The molecule has 37 heavy (non-hydrogen) atoms. The number of ketones is 1. The predicted molar refractivity (Wildman–Crippen MR) is 144 cm³/mol. The van der Waals surface area contributed by atoms with Crippen LogP contribution >= 0.6 is 11.6 Å². The lowest BCUT2D eigenvalue weighted by molar-refractivity contribution is -0.163. The second kappa shape index (κ2) is 11.4. The third-order valence-electron chi connectivity index (χ3n) is 6.67. The molecule has 2 aromatic heterocycles. The largest absolute Gasteiger partial charge is 0.353 e. The van der Waals surface area contributed by atoms with E-state index in [2.05, 4.69) is 5.10 Å². The van der Waals surface area contributed by atoms with Crippen LogP contribution in [0.2, 0.25) is 5.02 Å². The molecule has 192 valence electrons. The van der Waals surface area contributed by atoms with Gasteiger partial charge in [0.25, 0.3) is 5.56 Å². The van der Waals surface area contributed by atoms with Crippen LogP contribution in [-0.2, 0) is 22.6 Å². The maximum absolute atomic E-state index is 13.7. The molecule has 1 atom stereocenters. The van der Waals surface area contributed by atoms with Crippen molar-refractivity contribution < 1.29 is 14.3 Å². The van der Waals surface area contributed by atoms with Crippen molar-refractivity contribution >= 4 is 28.2 Å². The molecule has 1 saturated heterocycles. The Bertz CT molecular complexity index is 1460. The van der Waals surface area contributed by atoms with Crippen molar-refractivity contribution in [2.75, 3.05) is 13.2 Å². The number of ether oxygens (including phenoxy) is 2. The summed E-state index contributed by atoms with van der Waals surface area (Å²) in [4.78, 5) is 27.1. The Hall–Kier alpha value is -3.26. The maximum atomic E-state index is 13.7. The molecule has 5 rings (SSSR count). The van der Waals surface area contributed by atoms with E-state index < -0.39 is 0 Å². The Labute approximate surface area is 220 Å². The van der Waals surface area contributed by atoms with Crippen LogP contribution in [-0.4, -0.2) is 39.6 Å². The second-order valence-corrected chi connectivity index (χ2v) is 9.66. The molecule has 0 N–H and O–H groups in total. The lowest BCUT2D eigenvalue weighted by Crippen LogP contribution is -2.28. The zero-order valence-corrected chi connectivity index (χ0v) is 21.6. The number of hydrogen-bond donors (Lipinski definition) is 0. The molecule has 0 radical (unpaired) electrons. The average molecular weight is 520 g/mol. The summed E-state index contributed by atoms with van der Waals surface area (Å²) in [6, 6.07) is 14.9. The maximum Gasteiger partial charge on any atom is 0.259 e. The molecule has 1 aliphatic rings. The molecule has 0 aliphatic carbocycles. The fraction of sp³-hybridized carbons (Fsp3) is 0.345. The Morgan fingerprint density at radius 2 is 2.00 bits per heavy atom. The zero-order valence-electron chi connectivity index (χ0n) is 20.9. The normalized spacial score (nSPS) is 15.8. The number of halogens is 1. The monoisotopic (exact) mass is 519 g/mol. The quantitative estimate of drug-likeness (QED) is 0.265. The van der Waals surface area contributed by atoms with E-state index in [4.69, 9.17) is 21.1 Å². The molecule has 0 bridgehead atoms. The van der Waals surface area contributed by atoms with Gasteiger partial charge in [0.15, 0.2) is 12.1 Å². The molecule has 1 aliphatic heterocycles. The highest BCUT2D eigenvalue weighted by Gasteiger charge is 2.23. The van der Waals surface area contributed by atoms with Crippen molar-refractivity contribution in [2.24, 2.45) is 0 Å². The molecule has 0 saturated carbocycles. The first-order valence-corrected chi connectivity index (χ1v) is 13.1. The van der Waals surface area contributed by atoms with Crippen LogP contribution in [0.25, 0.3) is 21.9 Å². The van der Waals surface area contributed by atoms with Crippen molar-refractivity contribution in [3.63, 3.8) is 0 Å². The molecule has 0 spiro atoms. The molecular formula is C29H30ClN3O4. The van der Waals surface area contributed by atoms with Gasteiger partial charge in [-0.15, -0.1) is 0 Å². The van der Waals surface area contributed by atoms with Gasteiger partial charge in [-0.2, -0.15) is 5.10 Å². The van der Waals surface area contributed by atoms with Crippen LogP contribution in [0.4, 0.5) is 0 Å². The van der Waals surface area contributed by atoms with Gasteiger partial charge in [0.2, 0.25) is 0 Å². The van der Waals surface area contributed by atoms with Gasteiger partial charge in [-0.3, -0.25) is 18.8 Å². The van der Waals surface area contributed by atoms with Crippen molar-refractivity contribution in [3.8, 4) is 11.1 Å². The zero-order chi connectivity index (χ0) is 25.8. The molecule has 1 fully saturated rings. The van der Waals surface area contributed by atoms with Crippen LogP contribution in [0.3, 0.4) is 0 Å². The molecule has 0 amide bonds.